The molecule has 0 saturated heterocycles. The molecule has 0 aliphatic carbocycles. The van der Waals surface area contributed by atoms with Crippen LogP contribution in [0.3, 0.4) is 0 Å². The molecule has 0 aliphatic heterocycles. The molecule has 0 spiro atoms. The standard InChI is InChI=1S/C15H15BrO3/c1-3-15-12(6-7-19-15)14(17)9-10-8-11(18-2)4-5-13(10)16/h4-8H,3,9H2,1-2H3. The number of furan rings is 1. The van der Waals surface area contributed by atoms with Gasteiger partial charge in [-0.15, -0.1) is 0 Å². The Balaban J connectivity index is 2.24. The lowest BCUT2D eigenvalue weighted by atomic mass is 10.0. The number of aryl methyl sites for hydroxylation is 1. The van der Waals surface area contributed by atoms with Crippen LogP contribution in [0.25, 0.3) is 0 Å². The second kappa shape index (κ2) is 6.06. The molecule has 0 N–H and O–H groups in total. The van der Waals surface area contributed by atoms with Crippen LogP contribution in [0.2, 0.25) is 0 Å². The normalized spacial score (nSPS) is 10.5. The Hall–Kier alpha value is -1.55. The van der Waals surface area contributed by atoms with E-state index in [1.54, 1.807) is 19.4 Å². The summed E-state index contributed by atoms with van der Waals surface area (Å²) in [5.74, 6) is 1.54. The second-order valence-electron chi connectivity index (χ2n) is 4.17. The molecule has 100 valence electrons. The van der Waals surface area contributed by atoms with Gasteiger partial charge in [-0.25, -0.2) is 0 Å². The maximum atomic E-state index is 12.3. The largest absolute Gasteiger partial charge is 0.497 e. The predicted octanol–water partition coefficient (Wildman–Crippen LogP) is 4.04. The summed E-state index contributed by atoms with van der Waals surface area (Å²) in [6.07, 6.45) is 2.60. The molecule has 2 aromatic rings. The molecule has 1 aromatic carbocycles. The number of ether oxygens (including phenoxy) is 1. The van der Waals surface area contributed by atoms with Gasteiger partial charge < -0.3 is 9.15 Å². The van der Waals surface area contributed by atoms with Gasteiger partial charge >= 0.3 is 0 Å². The number of halogens is 1. The van der Waals surface area contributed by atoms with Gasteiger partial charge in [0.05, 0.1) is 18.9 Å². The van der Waals surface area contributed by atoms with Crippen LogP contribution in [0.15, 0.2) is 39.4 Å². The molecule has 0 unspecified atom stereocenters. The van der Waals surface area contributed by atoms with Crippen LogP contribution in [0, 0.1) is 0 Å². The van der Waals surface area contributed by atoms with Gasteiger partial charge in [-0.2, -0.15) is 0 Å². The average Bonchev–Trinajstić information content (AvgIpc) is 2.89. The van der Waals surface area contributed by atoms with E-state index in [1.807, 2.05) is 25.1 Å². The number of ketones is 1. The summed E-state index contributed by atoms with van der Waals surface area (Å²) < 4.78 is 11.4. The topological polar surface area (TPSA) is 39.4 Å². The molecule has 1 aromatic heterocycles. The van der Waals surface area contributed by atoms with Gasteiger partial charge in [-0.1, -0.05) is 22.9 Å². The minimum absolute atomic E-state index is 0.0551. The molecule has 0 atom stereocenters. The zero-order valence-electron chi connectivity index (χ0n) is 10.9. The molecule has 0 bridgehead atoms. The van der Waals surface area contributed by atoms with Crippen molar-refractivity contribution in [2.75, 3.05) is 7.11 Å². The van der Waals surface area contributed by atoms with E-state index in [4.69, 9.17) is 9.15 Å². The van der Waals surface area contributed by atoms with E-state index in [9.17, 15) is 4.79 Å². The zero-order valence-corrected chi connectivity index (χ0v) is 12.5. The summed E-state index contributed by atoms with van der Waals surface area (Å²) in [7, 11) is 1.61. The number of rotatable bonds is 5. The van der Waals surface area contributed by atoms with Gasteiger partial charge in [0, 0.05) is 17.3 Å². The van der Waals surface area contributed by atoms with Crippen molar-refractivity contribution in [3.05, 3.63) is 51.9 Å². The van der Waals surface area contributed by atoms with Crippen LogP contribution in [-0.2, 0) is 12.8 Å². The number of carbonyl (C=O) groups excluding carboxylic acids is 1. The van der Waals surface area contributed by atoms with Crippen molar-refractivity contribution in [3.8, 4) is 5.75 Å². The zero-order chi connectivity index (χ0) is 13.8. The van der Waals surface area contributed by atoms with E-state index in [0.29, 0.717) is 18.4 Å². The Morgan fingerprint density at radius 1 is 1.37 bits per heavy atom. The highest BCUT2D eigenvalue weighted by molar-refractivity contribution is 9.10. The Morgan fingerprint density at radius 2 is 2.16 bits per heavy atom. The fraction of sp³-hybridized carbons (Fsp3) is 0.267. The number of Topliss-reactive ketones (excluding diaryl/α,β-unsaturated/α-hetero) is 1. The van der Waals surface area contributed by atoms with E-state index >= 15 is 0 Å². The fourth-order valence-corrected chi connectivity index (χ4v) is 2.33. The van der Waals surface area contributed by atoms with E-state index in [0.717, 1.165) is 21.5 Å². The minimum Gasteiger partial charge on any atom is -0.497 e. The van der Waals surface area contributed by atoms with Crippen molar-refractivity contribution in [1.82, 2.24) is 0 Å². The van der Waals surface area contributed by atoms with Gasteiger partial charge in [-0.3, -0.25) is 4.79 Å². The van der Waals surface area contributed by atoms with Crippen molar-refractivity contribution in [1.29, 1.82) is 0 Å². The molecule has 0 aliphatic rings. The first-order valence-electron chi connectivity index (χ1n) is 6.07. The van der Waals surface area contributed by atoms with Crippen LogP contribution in [0.4, 0.5) is 0 Å². The maximum Gasteiger partial charge on any atom is 0.170 e. The number of benzene rings is 1. The predicted molar refractivity (Wildman–Crippen MR) is 76.8 cm³/mol. The fourth-order valence-electron chi connectivity index (χ4n) is 1.94. The molecule has 0 saturated carbocycles. The van der Waals surface area contributed by atoms with E-state index in [1.165, 1.54) is 0 Å². The van der Waals surface area contributed by atoms with Gasteiger partial charge in [-0.05, 0) is 29.8 Å². The van der Waals surface area contributed by atoms with Gasteiger partial charge in [0.25, 0.3) is 0 Å². The first-order valence-corrected chi connectivity index (χ1v) is 6.87. The molecule has 2 rings (SSSR count). The third-order valence-corrected chi connectivity index (χ3v) is 3.74. The molecule has 0 fully saturated rings. The summed E-state index contributed by atoms with van der Waals surface area (Å²) >= 11 is 3.46. The summed E-state index contributed by atoms with van der Waals surface area (Å²) in [6, 6.07) is 7.34. The van der Waals surface area contributed by atoms with E-state index < -0.39 is 0 Å². The number of methoxy groups -OCH3 is 1. The van der Waals surface area contributed by atoms with Gasteiger partial charge in [0.1, 0.15) is 11.5 Å². The summed E-state index contributed by atoms with van der Waals surface area (Å²) in [5.41, 5.74) is 1.57. The number of carbonyl (C=O) groups is 1. The Kier molecular flexibility index (Phi) is 4.43. The smallest absolute Gasteiger partial charge is 0.170 e. The summed E-state index contributed by atoms with van der Waals surface area (Å²) in [5, 5.41) is 0. The molecular weight excluding hydrogens is 308 g/mol. The lowest BCUT2D eigenvalue weighted by Crippen LogP contribution is -2.05. The third-order valence-electron chi connectivity index (χ3n) is 2.97. The van der Waals surface area contributed by atoms with Crippen LogP contribution in [0.1, 0.15) is 28.6 Å². The lowest BCUT2D eigenvalue weighted by Gasteiger charge is -2.07. The van der Waals surface area contributed by atoms with E-state index in [2.05, 4.69) is 15.9 Å². The van der Waals surface area contributed by atoms with Crippen molar-refractivity contribution in [3.63, 3.8) is 0 Å². The van der Waals surface area contributed by atoms with Crippen LogP contribution < -0.4 is 4.74 Å². The molecule has 4 heteroatoms. The summed E-state index contributed by atoms with van der Waals surface area (Å²) in [6.45, 7) is 1.97. The second-order valence-corrected chi connectivity index (χ2v) is 5.02. The van der Waals surface area contributed by atoms with Gasteiger partial charge in [0.15, 0.2) is 5.78 Å². The van der Waals surface area contributed by atoms with Gasteiger partial charge in [0.2, 0.25) is 0 Å². The first-order chi connectivity index (χ1) is 9.15. The Labute approximate surface area is 120 Å². The van der Waals surface area contributed by atoms with Crippen molar-refractivity contribution in [2.45, 2.75) is 19.8 Å². The third kappa shape index (κ3) is 3.07. The molecule has 1 heterocycles. The average molecular weight is 323 g/mol. The molecule has 3 nitrogen and oxygen atoms in total. The highest BCUT2D eigenvalue weighted by atomic mass is 79.9. The lowest BCUT2D eigenvalue weighted by molar-refractivity contribution is 0.0991. The SMILES string of the molecule is CCc1occc1C(=O)Cc1cc(OC)ccc1Br. The maximum absolute atomic E-state index is 12.3. The van der Waals surface area contributed by atoms with Crippen LogP contribution >= 0.6 is 15.9 Å². The van der Waals surface area contributed by atoms with Crippen molar-refractivity contribution >= 4 is 21.7 Å². The molecule has 0 amide bonds. The minimum atomic E-state index is 0.0551. The molecule has 19 heavy (non-hydrogen) atoms. The Bertz CT molecular complexity index is 587. The van der Waals surface area contributed by atoms with Crippen molar-refractivity contribution in [2.24, 2.45) is 0 Å². The first kappa shape index (κ1) is 13.9. The van der Waals surface area contributed by atoms with Crippen LogP contribution in [-0.4, -0.2) is 12.9 Å². The highest BCUT2D eigenvalue weighted by Gasteiger charge is 2.15. The summed E-state index contributed by atoms with van der Waals surface area (Å²) in [4.78, 5) is 12.3. The number of hydrogen-bond acceptors (Lipinski definition) is 3. The van der Waals surface area contributed by atoms with Crippen LogP contribution in [0.5, 0.6) is 5.75 Å². The molecular formula is C15H15BrO3. The quantitative estimate of drug-likeness (QED) is 0.780. The monoisotopic (exact) mass is 322 g/mol. The Morgan fingerprint density at radius 3 is 2.84 bits per heavy atom. The highest BCUT2D eigenvalue weighted by Crippen LogP contribution is 2.24. The number of hydrogen-bond donors (Lipinski definition) is 0. The van der Waals surface area contributed by atoms with Crippen molar-refractivity contribution < 1.29 is 13.9 Å². The van der Waals surface area contributed by atoms with E-state index in [-0.39, 0.29) is 5.78 Å². The molecule has 0 radical (unpaired) electrons.